The van der Waals surface area contributed by atoms with Crippen LogP contribution in [0.2, 0.25) is 5.02 Å². The van der Waals surface area contributed by atoms with Crippen LogP contribution < -0.4 is 15.4 Å². The molecule has 5 aromatic rings. The third-order valence-electron chi connectivity index (χ3n) is 12.4. The topological polar surface area (TPSA) is 142 Å². The average Bonchev–Trinajstić information content (AvgIpc) is 3.66. The zero-order chi connectivity index (χ0) is 36.2. The Morgan fingerprint density at radius 3 is 2.68 bits per heavy atom. The first kappa shape index (κ1) is 33.0. The number of fused-ring (bicyclic) bond motifs is 3. The second-order valence-electron chi connectivity index (χ2n) is 15.3. The molecule has 1 saturated carbocycles. The number of aromatic nitrogens is 5. The highest BCUT2D eigenvalue weighted by atomic mass is 35.5. The van der Waals surface area contributed by atoms with E-state index < -0.39 is 11.6 Å². The molecule has 53 heavy (non-hydrogen) atoms. The van der Waals surface area contributed by atoms with Gasteiger partial charge in [-0.1, -0.05) is 17.7 Å². The maximum Gasteiger partial charge on any atom is 0.346 e. The molecule has 5 fully saturated rings. The number of halogens is 3. The van der Waals surface area contributed by atoms with E-state index in [1.807, 2.05) is 4.90 Å². The normalized spacial score (nSPS) is 23.6. The molecule has 12 nitrogen and oxygen atoms in total. The van der Waals surface area contributed by atoms with E-state index in [1.165, 1.54) is 29.5 Å². The summed E-state index contributed by atoms with van der Waals surface area (Å²) in [6.07, 6.45) is 9.98. The van der Waals surface area contributed by atoms with Gasteiger partial charge >= 0.3 is 12.0 Å². The van der Waals surface area contributed by atoms with Crippen molar-refractivity contribution >= 4 is 60.8 Å². The quantitative estimate of drug-likeness (QED) is 0.205. The number of ether oxygens (including phenoxy) is 1. The zero-order valence-corrected chi connectivity index (χ0v) is 30.3. The number of thiophene rings is 1. The van der Waals surface area contributed by atoms with Gasteiger partial charge in [-0.05, 0) is 81.6 Å². The van der Waals surface area contributed by atoms with Gasteiger partial charge in [0.15, 0.2) is 5.82 Å². The molecule has 2 atom stereocenters. The molecule has 0 bridgehead atoms. The fourth-order valence-electron chi connectivity index (χ4n) is 9.87. The van der Waals surface area contributed by atoms with Crippen LogP contribution in [0.25, 0.3) is 32.1 Å². The smallest absolute Gasteiger partial charge is 0.346 e. The van der Waals surface area contributed by atoms with Crippen LogP contribution in [0.4, 0.5) is 24.4 Å². The number of nitriles is 1. The summed E-state index contributed by atoms with van der Waals surface area (Å²) in [7, 11) is 0. The summed E-state index contributed by atoms with van der Waals surface area (Å²) < 4.78 is 40.1. The Morgan fingerprint density at radius 2 is 1.94 bits per heavy atom. The van der Waals surface area contributed by atoms with Crippen molar-refractivity contribution in [1.29, 1.82) is 5.26 Å². The van der Waals surface area contributed by atoms with Gasteiger partial charge in [-0.25, -0.2) is 18.6 Å². The van der Waals surface area contributed by atoms with Crippen molar-refractivity contribution in [3.63, 3.8) is 0 Å². The summed E-state index contributed by atoms with van der Waals surface area (Å²) in [6, 6.07) is 6.33. The number of carbonyl (C=O) groups is 1. The van der Waals surface area contributed by atoms with Crippen LogP contribution >= 0.6 is 22.9 Å². The number of carbonyl (C=O) groups excluding carboxylic acids is 1. The number of likely N-dealkylation sites (tertiary alicyclic amines) is 1. The van der Waals surface area contributed by atoms with E-state index in [0.29, 0.717) is 43.4 Å². The van der Waals surface area contributed by atoms with Gasteiger partial charge in [-0.3, -0.25) is 4.90 Å². The highest BCUT2D eigenvalue weighted by Crippen LogP contribution is 2.56. The number of nitrogens with two attached hydrogens (primary N) is 1. The van der Waals surface area contributed by atoms with E-state index in [4.69, 9.17) is 32.0 Å². The van der Waals surface area contributed by atoms with Crippen LogP contribution in [0.3, 0.4) is 0 Å². The Morgan fingerprint density at radius 1 is 1.13 bits per heavy atom. The molecule has 3 aromatic heterocycles. The molecule has 2 N–H and O–H groups in total. The Balaban J connectivity index is 1.07. The summed E-state index contributed by atoms with van der Waals surface area (Å²) in [5.41, 5.74) is 6.21. The minimum Gasteiger partial charge on any atom is -0.461 e. The van der Waals surface area contributed by atoms with Crippen LogP contribution in [0.15, 0.2) is 30.9 Å². The SMILES string of the molecule is N#Cc1c(N)sc2c(F)ccc(-c3c(Cl)cc4c(N5CCC6(C5)CN(C(=O)n5cncn5)C6C5CC5)nc(OCC56CCCN5CCC6)nc4c3F)c12. The average molecular weight is 757 g/mol. The Bertz CT molecular complexity index is 2370. The molecule has 1 aliphatic carbocycles. The molecule has 5 aliphatic rings. The lowest BCUT2D eigenvalue weighted by Gasteiger charge is -2.56. The number of nitrogens with zero attached hydrogens (tertiary/aromatic N) is 9. The number of nitrogen functional groups attached to an aromatic ring is 1. The summed E-state index contributed by atoms with van der Waals surface area (Å²) >= 11 is 7.91. The van der Waals surface area contributed by atoms with E-state index in [1.54, 1.807) is 6.07 Å². The van der Waals surface area contributed by atoms with Crippen LogP contribution in [-0.4, -0.2) is 91.5 Å². The molecule has 2 aromatic carbocycles. The molecule has 4 saturated heterocycles. The molecular formula is C37H35ClF2N10O2S. The number of hydrogen-bond acceptors (Lipinski definition) is 11. The van der Waals surface area contributed by atoms with Crippen LogP contribution in [0, 0.1) is 34.3 Å². The monoisotopic (exact) mass is 756 g/mol. The molecule has 1 spiro atoms. The maximum absolute atomic E-state index is 17.2. The van der Waals surface area contributed by atoms with Crippen molar-refractivity contribution in [2.45, 2.75) is 56.5 Å². The van der Waals surface area contributed by atoms with Gasteiger partial charge < -0.3 is 20.3 Å². The lowest BCUT2D eigenvalue weighted by Crippen LogP contribution is -2.68. The first-order chi connectivity index (χ1) is 25.7. The summed E-state index contributed by atoms with van der Waals surface area (Å²) in [5, 5.41) is 14.9. The number of benzene rings is 2. The lowest BCUT2D eigenvalue weighted by atomic mass is 9.68. The molecule has 1 amide bonds. The van der Waals surface area contributed by atoms with Gasteiger partial charge in [0.1, 0.15) is 47.5 Å². The number of amides is 1. The fraction of sp³-hybridized carbons (Fsp3) is 0.459. The lowest BCUT2D eigenvalue weighted by molar-refractivity contribution is -0.0389. The number of hydrogen-bond donors (Lipinski definition) is 1. The van der Waals surface area contributed by atoms with Crippen molar-refractivity contribution in [2.75, 3.05) is 50.0 Å². The van der Waals surface area contributed by atoms with Crippen LogP contribution in [-0.2, 0) is 0 Å². The minimum atomic E-state index is -0.720. The van der Waals surface area contributed by atoms with Crippen LogP contribution in [0.5, 0.6) is 6.01 Å². The second-order valence-corrected chi connectivity index (χ2v) is 16.8. The van der Waals surface area contributed by atoms with Gasteiger partial charge in [0, 0.05) is 47.4 Å². The third kappa shape index (κ3) is 4.94. The fourth-order valence-corrected chi connectivity index (χ4v) is 11.1. The third-order valence-corrected chi connectivity index (χ3v) is 13.7. The number of rotatable bonds is 6. The Hall–Kier alpha value is -4.65. The molecule has 16 heteroatoms. The van der Waals surface area contributed by atoms with Crippen molar-refractivity contribution < 1.29 is 18.3 Å². The molecular weight excluding hydrogens is 722 g/mol. The van der Waals surface area contributed by atoms with Gasteiger partial charge in [-0.2, -0.15) is 25.0 Å². The first-order valence-electron chi connectivity index (χ1n) is 18.1. The molecule has 7 heterocycles. The zero-order valence-electron chi connectivity index (χ0n) is 28.7. The Labute approximate surface area is 312 Å². The maximum atomic E-state index is 17.2. The molecule has 0 radical (unpaired) electrons. The summed E-state index contributed by atoms with van der Waals surface area (Å²) in [4.78, 5) is 33.6. The minimum absolute atomic E-state index is 0.00151. The van der Waals surface area contributed by atoms with E-state index in [9.17, 15) is 10.1 Å². The second kappa shape index (κ2) is 11.9. The molecule has 272 valence electrons. The predicted molar refractivity (Wildman–Crippen MR) is 196 cm³/mol. The van der Waals surface area contributed by atoms with Gasteiger partial charge in [0.25, 0.3) is 0 Å². The number of anilines is 2. The summed E-state index contributed by atoms with van der Waals surface area (Å²) in [5.74, 6) is -0.360. The van der Waals surface area contributed by atoms with E-state index in [0.717, 1.165) is 69.4 Å². The van der Waals surface area contributed by atoms with E-state index >= 15 is 8.78 Å². The van der Waals surface area contributed by atoms with E-state index in [-0.39, 0.29) is 71.4 Å². The van der Waals surface area contributed by atoms with Crippen molar-refractivity contribution in [3.8, 4) is 23.2 Å². The first-order valence-corrected chi connectivity index (χ1v) is 19.3. The van der Waals surface area contributed by atoms with Gasteiger partial charge in [-0.15, -0.1) is 11.3 Å². The molecule has 4 aliphatic heterocycles. The Kier molecular flexibility index (Phi) is 7.42. The highest BCUT2D eigenvalue weighted by molar-refractivity contribution is 7.23. The van der Waals surface area contributed by atoms with E-state index in [2.05, 4.69) is 26.0 Å². The van der Waals surface area contributed by atoms with Crippen LogP contribution in [0.1, 0.15) is 50.5 Å². The van der Waals surface area contributed by atoms with Gasteiger partial charge in [0.2, 0.25) is 0 Å². The van der Waals surface area contributed by atoms with Crippen molar-refractivity contribution in [3.05, 3.63) is 53.1 Å². The summed E-state index contributed by atoms with van der Waals surface area (Å²) in [6.45, 7) is 4.27. The largest absolute Gasteiger partial charge is 0.461 e. The van der Waals surface area contributed by atoms with Gasteiger partial charge in [0.05, 0.1) is 20.8 Å². The molecule has 2 unspecified atom stereocenters. The highest BCUT2D eigenvalue weighted by Gasteiger charge is 2.62. The standard InChI is InChI=1S/C37H35ClF2N10O2S/c38-24-13-22-29(28(40)27(24)21-5-6-25(39)30-26(21)23(14-41)32(42)53-30)45-34(52-17-37-7-1-10-48(37)11-2-8-37)46-33(22)47-12-9-36(15-47)16-49(31(36)20-3-4-20)35(51)50-19-43-18-44-50/h5-6,13,18-20,31H,1-4,7-12,15-17,42H2. The van der Waals surface area contributed by atoms with Crippen molar-refractivity contribution in [1.82, 2.24) is 34.5 Å². The predicted octanol–water partition coefficient (Wildman–Crippen LogP) is 6.45. The van der Waals surface area contributed by atoms with Crippen molar-refractivity contribution in [2.24, 2.45) is 11.3 Å². The molecule has 10 rings (SSSR count).